The van der Waals surface area contributed by atoms with E-state index in [0.717, 1.165) is 31.4 Å². The maximum absolute atomic E-state index is 4.46. The first-order valence-corrected chi connectivity index (χ1v) is 5.81. The number of aromatic nitrogens is 2. The molecular weight excluding hydrogens is 188 g/mol. The van der Waals surface area contributed by atoms with Crippen LogP contribution in [-0.4, -0.2) is 35.5 Å². The highest BCUT2D eigenvalue weighted by atomic mass is 15.3. The first kappa shape index (κ1) is 9.21. The molecule has 0 radical (unpaired) electrons. The van der Waals surface area contributed by atoms with E-state index in [0.29, 0.717) is 6.04 Å². The van der Waals surface area contributed by atoms with Gasteiger partial charge in [-0.2, -0.15) is 5.10 Å². The van der Waals surface area contributed by atoms with E-state index in [1.807, 2.05) is 17.9 Å². The quantitative estimate of drug-likeness (QED) is 0.769. The molecule has 1 aliphatic carbocycles. The highest BCUT2D eigenvalue weighted by Crippen LogP contribution is 2.34. The zero-order valence-electron chi connectivity index (χ0n) is 9.19. The minimum atomic E-state index is 0.695. The van der Waals surface area contributed by atoms with E-state index in [4.69, 9.17) is 0 Å². The molecule has 1 unspecified atom stereocenters. The molecule has 1 aliphatic heterocycles. The Morgan fingerprint density at radius 2 is 2.33 bits per heavy atom. The van der Waals surface area contributed by atoms with Crippen molar-refractivity contribution in [3.05, 3.63) is 12.3 Å². The van der Waals surface area contributed by atoms with Gasteiger partial charge in [0, 0.05) is 45.0 Å². The van der Waals surface area contributed by atoms with Gasteiger partial charge in [0.05, 0.1) is 0 Å². The lowest BCUT2D eigenvalue weighted by atomic mass is 10.1. The molecule has 2 heterocycles. The molecule has 1 aromatic heterocycles. The zero-order valence-corrected chi connectivity index (χ0v) is 9.19. The minimum Gasteiger partial charge on any atom is -0.352 e. The average molecular weight is 206 g/mol. The van der Waals surface area contributed by atoms with E-state index in [1.165, 1.54) is 12.8 Å². The second-order valence-corrected chi connectivity index (χ2v) is 4.69. The standard InChI is InChI=1S/C11H18N4/c1-14-6-4-11(13-14)15-7-5-12-10(8-15)9-2-3-9/h4,6,9-10,12H,2-3,5,7-8H2,1H3. The second kappa shape index (κ2) is 3.52. The number of rotatable bonds is 2. The second-order valence-electron chi connectivity index (χ2n) is 4.69. The van der Waals surface area contributed by atoms with Crippen LogP contribution in [0.4, 0.5) is 5.82 Å². The molecule has 4 nitrogen and oxygen atoms in total. The fourth-order valence-electron chi connectivity index (χ4n) is 2.37. The summed E-state index contributed by atoms with van der Waals surface area (Å²) in [5.74, 6) is 2.06. The molecule has 1 atom stereocenters. The fraction of sp³-hybridized carbons (Fsp3) is 0.727. The first-order chi connectivity index (χ1) is 7.33. The van der Waals surface area contributed by atoms with Crippen LogP contribution < -0.4 is 10.2 Å². The summed E-state index contributed by atoms with van der Waals surface area (Å²) >= 11 is 0. The molecular formula is C11H18N4. The van der Waals surface area contributed by atoms with Gasteiger partial charge in [-0.05, 0) is 18.8 Å². The van der Waals surface area contributed by atoms with E-state index in [9.17, 15) is 0 Å². The van der Waals surface area contributed by atoms with Gasteiger partial charge in [0.15, 0.2) is 5.82 Å². The van der Waals surface area contributed by atoms with Gasteiger partial charge in [-0.25, -0.2) is 0 Å². The number of nitrogens with zero attached hydrogens (tertiary/aromatic N) is 3. The third-order valence-corrected chi connectivity index (χ3v) is 3.42. The molecule has 1 saturated carbocycles. The zero-order chi connectivity index (χ0) is 10.3. The number of piperazine rings is 1. The summed E-state index contributed by atoms with van der Waals surface area (Å²) in [6.45, 7) is 3.31. The number of nitrogens with one attached hydrogen (secondary N) is 1. The third kappa shape index (κ3) is 1.86. The summed E-state index contributed by atoms with van der Waals surface area (Å²) in [4.78, 5) is 2.40. The molecule has 15 heavy (non-hydrogen) atoms. The van der Waals surface area contributed by atoms with Gasteiger partial charge in [-0.1, -0.05) is 0 Å². The van der Waals surface area contributed by atoms with Gasteiger partial charge < -0.3 is 10.2 Å². The molecule has 2 fully saturated rings. The Hall–Kier alpha value is -1.03. The van der Waals surface area contributed by atoms with E-state index < -0.39 is 0 Å². The molecule has 0 spiro atoms. The lowest BCUT2D eigenvalue weighted by molar-refractivity contribution is 0.416. The fourth-order valence-corrected chi connectivity index (χ4v) is 2.37. The van der Waals surface area contributed by atoms with Gasteiger partial charge in [-0.3, -0.25) is 4.68 Å². The van der Waals surface area contributed by atoms with E-state index >= 15 is 0 Å². The Morgan fingerprint density at radius 3 is 3.00 bits per heavy atom. The van der Waals surface area contributed by atoms with Crippen molar-refractivity contribution in [3.8, 4) is 0 Å². The number of hydrogen-bond acceptors (Lipinski definition) is 3. The van der Waals surface area contributed by atoms with Crippen molar-refractivity contribution in [2.24, 2.45) is 13.0 Å². The summed E-state index contributed by atoms with van der Waals surface area (Å²) in [7, 11) is 1.98. The summed E-state index contributed by atoms with van der Waals surface area (Å²) in [6.07, 6.45) is 4.84. The maximum Gasteiger partial charge on any atom is 0.150 e. The Labute approximate surface area is 90.3 Å². The summed E-state index contributed by atoms with van der Waals surface area (Å²) in [6, 6.07) is 2.80. The lowest BCUT2D eigenvalue weighted by Gasteiger charge is -2.33. The van der Waals surface area contributed by atoms with Crippen molar-refractivity contribution >= 4 is 5.82 Å². The van der Waals surface area contributed by atoms with Crippen molar-refractivity contribution in [2.45, 2.75) is 18.9 Å². The van der Waals surface area contributed by atoms with Crippen molar-refractivity contribution < 1.29 is 0 Å². The molecule has 0 bridgehead atoms. The molecule has 1 N–H and O–H groups in total. The van der Waals surface area contributed by atoms with Crippen molar-refractivity contribution in [1.82, 2.24) is 15.1 Å². The van der Waals surface area contributed by atoms with Gasteiger partial charge in [-0.15, -0.1) is 0 Å². The monoisotopic (exact) mass is 206 g/mol. The van der Waals surface area contributed by atoms with Crippen molar-refractivity contribution in [1.29, 1.82) is 0 Å². The average Bonchev–Trinajstić information content (AvgIpc) is 3.02. The van der Waals surface area contributed by atoms with Crippen LogP contribution in [-0.2, 0) is 7.05 Å². The maximum atomic E-state index is 4.46. The molecule has 4 heteroatoms. The Kier molecular flexibility index (Phi) is 2.16. The number of hydrogen-bond donors (Lipinski definition) is 1. The SMILES string of the molecule is Cn1ccc(N2CCNC(C3CC3)C2)n1. The van der Waals surface area contributed by atoms with Crippen LogP contribution in [0.5, 0.6) is 0 Å². The van der Waals surface area contributed by atoms with E-state index in [2.05, 4.69) is 21.4 Å². The molecule has 82 valence electrons. The van der Waals surface area contributed by atoms with Crippen LogP contribution >= 0.6 is 0 Å². The normalized spacial score (nSPS) is 27.0. The topological polar surface area (TPSA) is 33.1 Å². The molecule has 3 rings (SSSR count). The first-order valence-electron chi connectivity index (χ1n) is 5.81. The summed E-state index contributed by atoms with van der Waals surface area (Å²) in [5.41, 5.74) is 0. The van der Waals surface area contributed by atoms with Gasteiger partial charge >= 0.3 is 0 Å². The van der Waals surface area contributed by atoms with Crippen LogP contribution in [0.15, 0.2) is 12.3 Å². The summed E-state index contributed by atoms with van der Waals surface area (Å²) in [5, 5.41) is 8.07. The van der Waals surface area contributed by atoms with Gasteiger partial charge in [0.25, 0.3) is 0 Å². The molecule has 1 saturated heterocycles. The minimum absolute atomic E-state index is 0.695. The van der Waals surface area contributed by atoms with Crippen LogP contribution in [0.3, 0.4) is 0 Å². The van der Waals surface area contributed by atoms with Crippen molar-refractivity contribution in [2.75, 3.05) is 24.5 Å². The number of aryl methyl sites for hydroxylation is 1. The van der Waals surface area contributed by atoms with E-state index in [-0.39, 0.29) is 0 Å². The highest BCUT2D eigenvalue weighted by molar-refractivity contribution is 5.38. The van der Waals surface area contributed by atoms with Crippen LogP contribution in [0.2, 0.25) is 0 Å². The largest absolute Gasteiger partial charge is 0.352 e. The molecule has 2 aliphatic rings. The Balaban J connectivity index is 1.70. The lowest BCUT2D eigenvalue weighted by Crippen LogP contribution is -2.51. The highest BCUT2D eigenvalue weighted by Gasteiger charge is 2.34. The molecule has 0 amide bonds. The third-order valence-electron chi connectivity index (χ3n) is 3.42. The van der Waals surface area contributed by atoms with Gasteiger partial charge in [0.1, 0.15) is 0 Å². The Morgan fingerprint density at radius 1 is 1.47 bits per heavy atom. The molecule has 0 aromatic carbocycles. The smallest absolute Gasteiger partial charge is 0.150 e. The van der Waals surface area contributed by atoms with E-state index in [1.54, 1.807) is 0 Å². The van der Waals surface area contributed by atoms with Crippen molar-refractivity contribution in [3.63, 3.8) is 0 Å². The van der Waals surface area contributed by atoms with Crippen LogP contribution in [0, 0.1) is 5.92 Å². The molecule has 1 aromatic rings. The van der Waals surface area contributed by atoms with Crippen LogP contribution in [0.1, 0.15) is 12.8 Å². The van der Waals surface area contributed by atoms with Gasteiger partial charge in [0.2, 0.25) is 0 Å². The predicted molar refractivity (Wildman–Crippen MR) is 59.9 cm³/mol. The predicted octanol–water partition coefficient (Wildman–Crippen LogP) is 0.608. The Bertz CT molecular complexity index is 342. The summed E-state index contributed by atoms with van der Waals surface area (Å²) < 4.78 is 1.88. The van der Waals surface area contributed by atoms with Crippen LogP contribution in [0.25, 0.3) is 0 Å². The number of anilines is 1.